The molecular weight excluding hydrogens is 280 g/mol. The number of carbonyl (C=O) groups excluding carboxylic acids is 1. The van der Waals surface area contributed by atoms with E-state index < -0.39 is 10.0 Å². The number of aromatic nitrogens is 1. The molecule has 1 amide bonds. The molecule has 3 N–H and O–H groups in total. The zero-order valence-electron chi connectivity index (χ0n) is 11.2. The second-order valence-corrected chi connectivity index (χ2v) is 6.33. The molecule has 7 nitrogen and oxygen atoms in total. The maximum absolute atomic E-state index is 12.1. The van der Waals surface area contributed by atoms with Crippen molar-refractivity contribution in [2.45, 2.75) is 30.2 Å². The summed E-state index contributed by atoms with van der Waals surface area (Å²) in [6.45, 7) is 0.0684. The normalized spacial score (nSPS) is 14.8. The van der Waals surface area contributed by atoms with Gasteiger partial charge in [-0.05, 0) is 25.0 Å². The first-order chi connectivity index (χ1) is 9.53. The van der Waals surface area contributed by atoms with E-state index in [9.17, 15) is 13.2 Å². The number of nitrogens with one attached hydrogen (secondary N) is 3. The summed E-state index contributed by atoms with van der Waals surface area (Å²) in [5.74, 6) is 0.151. The SMILES string of the molecule is CNc1ncccc1S(=O)(=O)NCCC(=O)NC1CC1. The molecule has 1 heterocycles. The second-order valence-electron chi connectivity index (χ2n) is 4.59. The first-order valence-electron chi connectivity index (χ1n) is 6.45. The van der Waals surface area contributed by atoms with Crippen molar-refractivity contribution in [3.63, 3.8) is 0 Å². The van der Waals surface area contributed by atoms with Crippen LogP contribution in [0.15, 0.2) is 23.2 Å². The summed E-state index contributed by atoms with van der Waals surface area (Å²) in [7, 11) is -2.06. The van der Waals surface area contributed by atoms with E-state index >= 15 is 0 Å². The number of hydrogen-bond donors (Lipinski definition) is 3. The van der Waals surface area contributed by atoms with Crippen LogP contribution in [-0.4, -0.2) is 38.9 Å². The highest BCUT2D eigenvalue weighted by Gasteiger charge is 2.23. The van der Waals surface area contributed by atoms with Gasteiger partial charge >= 0.3 is 0 Å². The van der Waals surface area contributed by atoms with Gasteiger partial charge in [0.05, 0.1) is 0 Å². The Morgan fingerprint density at radius 2 is 2.20 bits per heavy atom. The van der Waals surface area contributed by atoms with Gasteiger partial charge < -0.3 is 10.6 Å². The molecule has 1 fully saturated rings. The van der Waals surface area contributed by atoms with Crippen molar-refractivity contribution in [2.75, 3.05) is 18.9 Å². The molecule has 0 unspecified atom stereocenters. The Morgan fingerprint density at radius 3 is 2.85 bits per heavy atom. The molecular formula is C12H18N4O3S. The van der Waals surface area contributed by atoms with E-state index in [2.05, 4.69) is 20.3 Å². The van der Waals surface area contributed by atoms with Crippen molar-refractivity contribution in [1.82, 2.24) is 15.0 Å². The van der Waals surface area contributed by atoms with Crippen LogP contribution in [0.3, 0.4) is 0 Å². The third kappa shape index (κ3) is 3.91. The number of carbonyl (C=O) groups is 1. The third-order valence-electron chi connectivity index (χ3n) is 2.88. The summed E-state index contributed by atoms with van der Waals surface area (Å²) < 4.78 is 26.6. The Balaban J connectivity index is 1.91. The molecule has 0 atom stereocenters. The first kappa shape index (κ1) is 14.7. The lowest BCUT2D eigenvalue weighted by atomic mass is 10.4. The maximum Gasteiger partial charge on any atom is 0.244 e. The zero-order valence-corrected chi connectivity index (χ0v) is 12.0. The monoisotopic (exact) mass is 298 g/mol. The Bertz CT molecular complexity index is 584. The fourth-order valence-electron chi connectivity index (χ4n) is 1.70. The lowest BCUT2D eigenvalue weighted by molar-refractivity contribution is -0.121. The minimum absolute atomic E-state index is 0.0684. The molecule has 110 valence electrons. The van der Waals surface area contributed by atoms with Gasteiger partial charge in [0.25, 0.3) is 0 Å². The molecule has 1 aromatic heterocycles. The van der Waals surface area contributed by atoms with Gasteiger partial charge in [-0.25, -0.2) is 18.1 Å². The van der Waals surface area contributed by atoms with Crippen LogP contribution in [0.4, 0.5) is 5.82 Å². The smallest absolute Gasteiger partial charge is 0.244 e. The van der Waals surface area contributed by atoms with E-state index in [1.807, 2.05) is 0 Å². The van der Waals surface area contributed by atoms with Crippen LogP contribution in [0.25, 0.3) is 0 Å². The van der Waals surface area contributed by atoms with Crippen molar-refractivity contribution >= 4 is 21.7 Å². The molecule has 1 aromatic rings. The van der Waals surface area contributed by atoms with E-state index in [4.69, 9.17) is 0 Å². The van der Waals surface area contributed by atoms with Crippen LogP contribution in [-0.2, 0) is 14.8 Å². The number of anilines is 1. The predicted octanol–water partition coefficient (Wildman–Crippen LogP) is 0.0703. The fourth-order valence-corrected chi connectivity index (χ4v) is 2.89. The molecule has 1 aliphatic carbocycles. The van der Waals surface area contributed by atoms with Crippen LogP contribution >= 0.6 is 0 Å². The molecule has 0 radical (unpaired) electrons. The van der Waals surface area contributed by atoms with Gasteiger partial charge in [0.15, 0.2) is 0 Å². The molecule has 1 saturated carbocycles. The van der Waals surface area contributed by atoms with Gasteiger partial charge in [0.1, 0.15) is 10.7 Å². The highest BCUT2D eigenvalue weighted by Crippen LogP contribution is 2.19. The van der Waals surface area contributed by atoms with Gasteiger partial charge in [-0.3, -0.25) is 4.79 Å². The zero-order chi connectivity index (χ0) is 14.6. The van der Waals surface area contributed by atoms with E-state index in [0.29, 0.717) is 0 Å². The van der Waals surface area contributed by atoms with Crippen molar-refractivity contribution in [1.29, 1.82) is 0 Å². The Hall–Kier alpha value is -1.67. The van der Waals surface area contributed by atoms with E-state index in [1.54, 1.807) is 13.1 Å². The predicted molar refractivity (Wildman–Crippen MR) is 74.8 cm³/mol. The molecule has 1 aliphatic rings. The van der Waals surface area contributed by atoms with Gasteiger partial charge in [-0.15, -0.1) is 0 Å². The minimum atomic E-state index is -3.67. The number of pyridine rings is 1. The lowest BCUT2D eigenvalue weighted by Crippen LogP contribution is -2.32. The van der Waals surface area contributed by atoms with Crippen LogP contribution < -0.4 is 15.4 Å². The molecule has 2 rings (SSSR count). The van der Waals surface area contributed by atoms with Crippen LogP contribution in [0, 0.1) is 0 Å². The summed E-state index contributed by atoms with van der Waals surface area (Å²) in [5, 5.41) is 5.53. The van der Waals surface area contributed by atoms with Crippen LogP contribution in [0.5, 0.6) is 0 Å². The second kappa shape index (κ2) is 6.19. The molecule has 0 saturated heterocycles. The Labute approximate surface area is 118 Å². The number of hydrogen-bond acceptors (Lipinski definition) is 5. The summed E-state index contributed by atoms with van der Waals surface area (Å²) in [4.78, 5) is 15.5. The quantitative estimate of drug-likeness (QED) is 0.661. The highest BCUT2D eigenvalue weighted by atomic mass is 32.2. The molecule has 0 spiro atoms. The van der Waals surface area contributed by atoms with Crippen LogP contribution in [0.2, 0.25) is 0 Å². The fraction of sp³-hybridized carbons (Fsp3) is 0.500. The standard InChI is InChI=1S/C12H18N4O3S/c1-13-12-10(3-2-7-14-12)20(18,19)15-8-6-11(17)16-9-4-5-9/h2-3,7,9,15H,4-6,8H2,1H3,(H,13,14)(H,16,17). The average Bonchev–Trinajstić information content (AvgIpc) is 3.22. The average molecular weight is 298 g/mol. The molecule has 0 aromatic carbocycles. The summed E-state index contributed by atoms with van der Waals surface area (Å²) in [6.07, 6.45) is 3.66. The van der Waals surface area contributed by atoms with E-state index in [0.717, 1.165) is 12.8 Å². The highest BCUT2D eigenvalue weighted by molar-refractivity contribution is 7.89. The van der Waals surface area contributed by atoms with Crippen molar-refractivity contribution in [3.05, 3.63) is 18.3 Å². The number of nitrogens with zero attached hydrogens (tertiary/aromatic N) is 1. The van der Waals surface area contributed by atoms with Gasteiger partial charge in [0.2, 0.25) is 15.9 Å². The van der Waals surface area contributed by atoms with Crippen molar-refractivity contribution in [3.8, 4) is 0 Å². The summed E-state index contributed by atoms with van der Waals surface area (Å²) in [5.41, 5.74) is 0. The third-order valence-corrected chi connectivity index (χ3v) is 4.38. The Kier molecular flexibility index (Phi) is 4.56. The molecule has 0 aliphatic heterocycles. The van der Waals surface area contributed by atoms with Gasteiger partial charge in [-0.1, -0.05) is 0 Å². The molecule has 20 heavy (non-hydrogen) atoms. The van der Waals surface area contributed by atoms with E-state index in [-0.39, 0.29) is 35.6 Å². The molecule has 0 bridgehead atoms. The summed E-state index contributed by atoms with van der Waals surface area (Å²) in [6, 6.07) is 3.30. The summed E-state index contributed by atoms with van der Waals surface area (Å²) >= 11 is 0. The number of amides is 1. The number of sulfonamides is 1. The lowest BCUT2D eigenvalue weighted by Gasteiger charge is -2.10. The van der Waals surface area contributed by atoms with Gasteiger partial charge in [0, 0.05) is 32.3 Å². The minimum Gasteiger partial charge on any atom is -0.372 e. The van der Waals surface area contributed by atoms with Crippen molar-refractivity contribution < 1.29 is 13.2 Å². The molecule has 8 heteroatoms. The maximum atomic E-state index is 12.1. The van der Waals surface area contributed by atoms with Crippen molar-refractivity contribution in [2.24, 2.45) is 0 Å². The van der Waals surface area contributed by atoms with Gasteiger partial charge in [-0.2, -0.15) is 0 Å². The van der Waals surface area contributed by atoms with Crippen LogP contribution in [0.1, 0.15) is 19.3 Å². The number of rotatable bonds is 7. The first-order valence-corrected chi connectivity index (χ1v) is 7.93. The Morgan fingerprint density at radius 1 is 1.45 bits per heavy atom. The van der Waals surface area contributed by atoms with E-state index in [1.165, 1.54) is 12.3 Å². The largest absolute Gasteiger partial charge is 0.372 e. The topological polar surface area (TPSA) is 100 Å².